The molecule has 112 valence electrons. The fourth-order valence-electron chi connectivity index (χ4n) is 2.42. The lowest BCUT2D eigenvalue weighted by atomic mass is 10.0. The first-order valence-electron chi connectivity index (χ1n) is 7.37. The van der Waals surface area contributed by atoms with Gasteiger partial charge in [0.15, 0.2) is 5.82 Å². The molecule has 1 saturated carbocycles. The monoisotopic (exact) mass is 279 g/mol. The van der Waals surface area contributed by atoms with E-state index in [1.54, 1.807) is 0 Å². The second-order valence-corrected chi connectivity index (χ2v) is 5.44. The maximum absolute atomic E-state index is 5.45. The fraction of sp³-hybridized carbons (Fsp3) is 0.714. The van der Waals surface area contributed by atoms with Crippen molar-refractivity contribution in [2.45, 2.75) is 46.1 Å². The molecule has 6 nitrogen and oxygen atoms in total. The minimum atomic E-state index is 0.404. The van der Waals surface area contributed by atoms with Crippen LogP contribution in [0.3, 0.4) is 0 Å². The van der Waals surface area contributed by atoms with Gasteiger partial charge < -0.3 is 15.5 Å². The van der Waals surface area contributed by atoms with Gasteiger partial charge in [-0.2, -0.15) is 0 Å². The van der Waals surface area contributed by atoms with E-state index in [1.165, 1.54) is 25.7 Å². The van der Waals surface area contributed by atoms with Crippen LogP contribution in [0.1, 0.15) is 45.4 Å². The van der Waals surface area contributed by atoms with Gasteiger partial charge in [-0.25, -0.2) is 15.8 Å². The molecule has 0 radical (unpaired) electrons. The summed E-state index contributed by atoms with van der Waals surface area (Å²) in [5.74, 6) is 7.51. The molecule has 1 aliphatic rings. The molecule has 1 aromatic rings. The highest BCUT2D eigenvalue weighted by Crippen LogP contribution is 2.49. The lowest BCUT2D eigenvalue weighted by molar-refractivity contribution is 0.128. The van der Waals surface area contributed by atoms with Gasteiger partial charge in [0.25, 0.3) is 0 Å². The van der Waals surface area contributed by atoms with Crippen molar-refractivity contribution < 1.29 is 4.74 Å². The number of aromatic nitrogens is 2. The van der Waals surface area contributed by atoms with E-state index in [0.717, 1.165) is 12.4 Å². The third-order valence-corrected chi connectivity index (χ3v) is 3.74. The van der Waals surface area contributed by atoms with E-state index in [-0.39, 0.29) is 0 Å². The zero-order valence-corrected chi connectivity index (χ0v) is 12.4. The Kier molecular flexibility index (Phi) is 5.14. The largest absolute Gasteiger partial charge is 0.374 e. The quantitative estimate of drug-likeness (QED) is 0.475. The average Bonchev–Trinajstić information content (AvgIpc) is 3.23. The summed E-state index contributed by atoms with van der Waals surface area (Å²) in [6.45, 7) is 6.20. The molecule has 0 saturated heterocycles. The summed E-state index contributed by atoms with van der Waals surface area (Å²) >= 11 is 0. The Hall–Kier alpha value is -1.40. The van der Waals surface area contributed by atoms with Crippen LogP contribution in [-0.4, -0.2) is 23.1 Å². The van der Waals surface area contributed by atoms with Crippen LogP contribution in [-0.2, 0) is 11.3 Å². The SMILES string of the molecule is CCCC1(CNc2cc(NN)nc(COCC)n2)CC1. The molecule has 20 heavy (non-hydrogen) atoms. The lowest BCUT2D eigenvalue weighted by Crippen LogP contribution is -2.18. The highest BCUT2D eigenvalue weighted by atomic mass is 16.5. The summed E-state index contributed by atoms with van der Waals surface area (Å²) in [7, 11) is 0. The first-order valence-corrected chi connectivity index (χ1v) is 7.37. The van der Waals surface area contributed by atoms with Gasteiger partial charge in [-0.05, 0) is 31.6 Å². The van der Waals surface area contributed by atoms with Crippen LogP contribution in [0, 0.1) is 5.41 Å². The highest BCUT2D eigenvalue weighted by Gasteiger charge is 2.41. The van der Waals surface area contributed by atoms with Crippen molar-refractivity contribution >= 4 is 11.6 Å². The topological polar surface area (TPSA) is 85.1 Å². The average molecular weight is 279 g/mol. The van der Waals surface area contributed by atoms with Gasteiger partial charge in [-0.1, -0.05) is 13.3 Å². The smallest absolute Gasteiger partial charge is 0.158 e. The minimum absolute atomic E-state index is 0.404. The number of anilines is 2. The second-order valence-electron chi connectivity index (χ2n) is 5.44. The summed E-state index contributed by atoms with van der Waals surface area (Å²) in [4.78, 5) is 8.74. The normalized spacial score (nSPS) is 15.9. The van der Waals surface area contributed by atoms with Gasteiger partial charge >= 0.3 is 0 Å². The first-order chi connectivity index (χ1) is 9.71. The van der Waals surface area contributed by atoms with E-state index in [1.807, 2.05) is 13.0 Å². The maximum atomic E-state index is 5.45. The van der Waals surface area contributed by atoms with Gasteiger partial charge in [0.1, 0.15) is 18.2 Å². The summed E-state index contributed by atoms with van der Waals surface area (Å²) < 4.78 is 5.35. The minimum Gasteiger partial charge on any atom is -0.374 e. The third kappa shape index (κ3) is 4.05. The molecule has 0 amide bonds. The van der Waals surface area contributed by atoms with Crippen LogP contribution < -0.4 is 16.6 Å². The summed E-state index contributed by atoms with van der Waals surface area (Å²) in [5, 5.41) is 3.42. The molecular weight excluding hydrogens is 254 g/mol. The zero-order chi connectivity index (χ0) is 14.4. The van der Waals surface area contributed by atoms with Gasteiger partial charge in [-0.3, -0.25) is 0 Å². The molecule has 0 aliphatic heterocycles. The molecule has 2 rings (SSSR count). The van der Waals surface area contributed by atoms with Crippen molar-refractivity contribution in [1.82, 2.24) is 9.97 Å². The Morgan fingerprint density at radius 2 is 2.05 bits per heavy atom. The van der Waals surface area contributed by atoms with Crippen molar-refractivity contribution in [3.63, 3.8) is 0 Å². The zero-order valence-electron chi connectivity index (χ0n) is 12.4. The van der Waals surface area contributed by atoms with Crippen LogP contribution in [0.5, 0.6) is 0 Å². The number of rotatable bonds is 9. The molecule has 1 aliphatic carbocycles. The van der Waals surface area contributed by atoms with Crippen molar-refractivity contribution in [2.24, 2.45) is 11.3 Å². The fourth-order valence-corrected chi connectivity index (χ4v) is 2.42. The molecule has 0 atom stereocenters. The number of nitrogens with zero attached hydrogens (tertiary/aromatic N) is 2. The Labute approximate surface area is 120 Å². The molecule has 6 heteroatoms. The van der Waals surface area contributed by atoms with E-state index >= 15 is 0 Å². The number of ether oxygens (including phenoxy) is 1. The van der Waals surface area contributed by atoms with Gasteiger partial charge in [0, 0.05) is 19.2 Å². The van der Waals surface area contributed by atoms with E-state index in [0.29, 0.717) is 30.3 Å². The summed E-state index contributed by atoms with van der Waals surface area (Å²) in [6.07, 6.45) is 5.13. The maximum Gasteiger partial charge on any atom is 0.158 e. The summed E-state index contributed by atoms with van der Waals surface area (Å²) in [6, 6.07) is 1.83. The third-order valence-electron chi connectivity index (χ3n) is 3.74. The molecule has 1 heterocycles. The second kappa shape index (κ2) is 6.85. The van der Waals surface area contributed by atoms with E-state index in [9.17, 15) is 0 Å². The Balaban J connectivity index is 1.99. The Morgan fingerprint density at radius 3 is 2.65 bits per heavy atom. The Morgan fingerprint density at radius 1 is 1.30 bits per heavy atom. The summed E-state index contributed by atoms with van der Waals surface area (Å²) in [5.41, 5.74) is 3.06. The molecular formula is C14H25N5O. The lowest BCUT2D eigenvalue weighted by Gasteiger charge is -2.16. The molecule has 4 N–H and O–H groups in total. The van der Waals surface area contributed by atoms with Gasteiger partial charge in [0.2, 0.25) is 0 Å². The molecule has 1 fully saturated rings. The van der Waals surface area contributed by atoms with Crippen LogP contribution in [0.25, 0.3) is 0 Å². The first kappa shape index (κ1) is 15.0. The van der Waals surface area contributed by atoms with E-state index < -0.39 is 0 Å². The van der Waals surface area contributed by atoms with Crippen molar-refractivity contribution in [1.29, 1.82) is 0 Å². The number of hydrogen-bond donors (Lipinski definition) is 3. The van der Waals surface area contributed by atoms with Crippen LogP contribution in [0.2, 0.25) is 0 Å². The predicted molar refractivity (Wildman–Crippen MR) is 80.2 cm³/mol. The molecule has 0 aromatic carbocycles. The van der Waals surface area contributed by atoms with Crippen LogP contribution in [0.4, 0.5) is 11.6 Å². The predicted octanol–water partition coefficient (Wildman–Crippen LogP) is 2.29. The van der Waals surface area contributed by atoms with Crippen molar-refractivity contribution in [2.75, 3.05) is 23.9 Å². The van der Waals surface area contributed by atoms with E-state index in [2.05, 4.69) is 27.6 Å². The number of nitrogen functional groups attached to an aromatic ring is 1. The van der Waals surface area contributed by atoms with Gasteiger partial charge in [-0.15, -0.1) is 0 Å². The number of hydrogen-bond acceptors (Lipinski definition) is 6. The van der Waals surface area contributed by atoms with E-state index in [4.69, 9.17) is 10.6 Å². The van der Waals surface area contributed by atoms with Gasteiger partial charge in [0.05, 0.1) is 0 Å². The number of nitrogens with two attached hydrogens (primary N) is 1. The standard InChI is InChI=1S/C14H25N5O/c1-3-5-14(6-7-14)10-16-11-8-12(19-15)18-13(17-11)9-20-4-2/h8H,3-7,9-10,15H2,1-2H3,(H2,16,17,18,19). The van der Waals surface area contributed by atoms with Crippen molar-refractivity contribution in [3.05, 3.63) is 11.9 Å². The number of nitrogens with one attached hydrogen (secondary N) is 2. The molecule has 0 bridgehead atoms. The molecule has 0 spiro atoms. The highest BCUT2D eigenvalue weighted by molar-refractivity contribution is 5.47. The van der Waals surface area contributed by atoms with Crippen LogP contribution in [0.15, 0.2) is 6.07 Å². The number of hydrazine groups is 1. The molecule has 1 aromatic heterocycles. The Bertz CT molecular complexity index is 434. The molecule has 0 unspecified atom stereocenters. The van der Waals surface area contributed by atoms with Crippen molar-refractivity contribution in [3.8, 4) is 0 Å². The van der Waals surface area contributed by atoms with Crippen LogP contribution >= 0.6 is 0 Å².